The first-order chi connectivity index (χ1) is 13.5. The zero-order valence-corrected chi connectivity index (χ0v) is 17.3. The van der Waals surface area contributed by atoms with E-state index in [4.69, 9.17) is 0 Å². The summed E-state index contributed by atoms with van der Waals surface area (Å²) in [6, 6.07) is 10.9. The van der Waals surface area contributed by atoms with Crippen molar-refractivity contribution in [2.75, 3.05) is 40.3 Å². The highest BCUT2D eigenvalue weighted by Crippen LogP contribution is 2.22. The van der Waals surface area contributed by atoms with Gasteiger partial charge in [-0.05, 0) is 37.2 Å². The molecule has 0 spiro atoms. The molecule has 1 aromatic rings. The highest BCUT2D eigenvalue weighted by molar-refractivity contribution is 5.76. The van der Waals surface area contributed by atoms with Crippen LogP contribution in [-0.2, 0) is 11.3 Å². The number of nitrogens with one attached hydrogen (secondary N) is 1. The van der Waals surface area contributed by atoms with E-state index in [-0.39, 0.29) is 18.0 Å². The van der Waals surface area contributed by atoms with Crippen molar-refractivity contribution >= 4 is 11.9 Å². The van der Waals surface area contributed by atoms with Gasteiger partial charge in [0.2, 0.25) is 5.91 Å². The Morgan fingerprint density at radius 3 is 2.46 bits per heavy atom. The first-order valence-corrected chi connectivity index (χ1v) is 10.5. The zero-order chi connectivity index (χ0) is 19.9. The fraction of sp³-hybridized carbons (Fsp3) is 0.636. The molecule has 154 valence electrons. The van der Waals surface area contributed by atoms with Crippen molar-refractivity contribution < 1.29 is 9.59 Å². The standard InChI is InChI=1S/C22H34N4O2/c1-24(2)22(28)26-14-10-18(11-15-26)8-9-21(27)23-20-12-13-25(17-20)16-19-6-4-3-5-7-19/h3-7,18,20H,8-17H2,1-2H3,(H,23,27)/t20-/m1/s1. The fourth-order valence-corrected chi connectivity index (χ4v) is 4.27. The summed E-state index contributed by atoms with van der Waals surface area (Å²) in [5, 5.41) is 3.22. The maximum Gasteiger partial charge on any atom is 0.319 e. The Hall–Kier alpha value is -2.08. The molecule has 0 unspecified atom stereocenters. The second-order valence-electron chi connectivity index (χ2n) is 8.42. The molecule has 0 aromatic heterocycles. The third-order valence-electron chi connectivity index (χ3n) is 5.93. The monoisotopic (exact) mass is 386 g/mol. The molecule has 0 saturated carbocycles. The Morgan fingerprint density at radius 1 is 1.07 bits per heavy atom. The predicted octanol–water partition coefficient (Wildman–Crippen LogP) is 2.55. The Bertz CT molecular complexity index is 641. The van der Waals surface area contributed by atoms with Crippen LogP contribution in [0, 0.1) is 5.92 Å². The number of hydrogen-bond donors (Lipinski definition) is 1. The molecule has 1 aromatic carbocycles. The van der Waals surface area contributed by atoms with Gasteiger partial charge in [0.25, 0.3) is 0 Å². The van der Waals surface area contributed by atoms with Gasteiger partial charge >= 0.3 is 6.03 Å². The van der Waals surface area contributed by atoms with Gasteiger partial charge in [0, 0.05) is 59.3 Å². The van der Waals surface area contributed by atoms with Crippen molar-refractivity contribution in [3.05, 3.63) is 35.9 Å². The van der Waals surface area contributed by atoms with Crippen LogP contribution in [-0.4, -0.2) is 73.0 Å². The number of benzene rings is 1. The van der Waals surface area contributed by atoms with E-state index >= 15 is 0 Å². The van der Waals surface area contributed by atoms with Crippen molar-refractivity contribution in [3.63, 3.8) is 0 Å². The van der Waals surface area contributed by atoms with Crippen LogP contribution >= 0.6 is 0 Å². The molecule has 0 bridgehead atoms. The number of likely N-dealkylation sites (tertiary alicyclic amines) is 2. The molecule has 6 nitrogen and oxygen atoms in total. The second kappa shape index (κ2) is 9.92. The average molecular weight is 387 g/mol. The quantitative estimate of drug-likeness (QED) is 0.817. The number of urea groups is 1. The smallest absolute Gasteiger partial charge is 0.319 e. The molecule has 28 heavy (non-hydrogen) atoms. The number of rotatable bonds is 6. The van der Waals surface area contributed by atoms with Crippen molar-refractivity contribution in [2.24, 2.45) is 5.92 Å². The minimum atomic E-state index is 0.0949. The molecular weight excluding hydrogens is 352 g/mol. The average Bonchev–Trinajstić information content (AvgIpc) is 3.13. The zero-order valence-electron chi connectivity index (χ0n) is 17.3. The molecule has 2 aliphatic rings. The van der Waals surface area contributed by atoms with Crippen molar-refractivity contribution in [1.29, 1.82) is 0 Å². The van der Waals surface area contributed by atoms with E-state index in [0.29, 0.717) is 12.3 Å². The first kappa shape index (κ1) is 20.6. The van der Waals surface area contributed by atoms with Gasteiger partial charge in [0.05, 0.1) is 0 Å². The molecule has 1 N–H and O–H groups in total. The third kappa shape index (κ3) is 5.96. The van der Waals surface area contributed by atoms with Crippen LogP contribution in [0.5, 0.6) is 0 Å². The van der Waals surface area contributed by atoms with Crippen molar-refractivity contribution in [3.8, 4) is 0 Å². The van der Waals surface area contributed by atoms with Gasteiger partial charge in [-0.15, -0.1) is 0 Å². The predicted molar refractivity (Wildman–Crippen MR) is 111 cm³/mol. The van der Waals surface area contributed by atoms with Crippen LogP contribution in [0.4, 0.5) is 4.79 Å². The van der Waals surface area contributed by atoms with Gasteiger partial charge in [-0.1, -0.05) is 30.3 Å². The largest absolute Gasteiger partial charge is 0.352 e. The highest BCUT2D eigenvalue weighted by Gasteiger charge is 2.26. The van der Waals surface area contributed by atoms with Crippen LogP contribution < -0.4 is 5.32 Å². The van der Waals surface area contributed by atoms with E-state index in [2.05, 4.69) is 34.5 Å². The summed E-state index contributed by atoms with van der Waals surface area (Å²) in [5.74, 6) is 0.730. The minimum absolute atomic E-state index is 0.0949. The fourth-order valence-electron chi connectivity index (χ4n) is 4.27. The lowest BCUT2D eigenvalue weighted by atomic mass is 9.92. The molecular formula is C22H34N4O2. The lowest BCUT2D eigenvalue weighted by molar-refractivity contribution is -0.122. The number of nitrogens with zero attached hydrogens (tertiary/aromatic N) is 3. The number of carbonyl (C=O) groups is 2. The van der Waals surface area contributed by atoms with E-state index in [0.717, 1.165) is 58.4 Å². The highest BCUT2D eigenvalue weighted by atomic mass is 16.2. The molecule has 6 heteroatoms. The Labute approximate surface area is 168 Å². The van der Waals surface area contributed by atoms with Crippen LogP contribution in [0.1, 0.15) is 37.7 Å². The lowest BCUT2D eigenvalue weighted by Gasteiger charge is -2.33. The molecule has 3 rings (SSSR count). The summed E-state index contributed by atoms with van der Waals surface area (Å²) in [5.41, 5.74) is 1.33. The maximum atomic E-state index is 12.4. The van der Waals surface area contributed by atoms with Crippen LogP contribution in [0.3, 0.4) is 0 Å². The van der Waals surface area contributed by atoms with Crippen molar-refractivity contribution in [2.45, 2.75) is 44.7 Å². The number of amides is 3. The number of hydrogen-bond acceptors (Lipinski definition) is 3. The SMILES string of the molecule is CN(C)C(=O)N1CCC(CCC(=O)N[C@@H]2CCN(Cc3ccccc3)C2)CC1. The second-order valence-corrected chi connectivity index (χ2v) is 8.42. The normalized spacial score (nSPS) is 20.9. The molecule has 2 heterocycles. The van der Waals surface area contributed by atoms with E-state index in [9.17, 15) is 9.59 Å². The minimum Gasteiger partial charge on any atom is -0.352 e. The van der Waals surface area contributed by atoms with Crippen LogP contribution in [0.15, 0.2) is 30.3 Å². The molecule has 2 aliphatic heterocycles. The summed E-state index contributed by atoms with van der Waals surface area (Å²) in [4.78, 5) is 30.3. The number of carbonyl (C=O) groups excluding carboxylic acids is 2. The van der Waals surface area contributed by atoms with Gasteiger partial charge in [-0.2, -0.15) is 0 Å². The molecule has 2 saturated heterocycles. The summed E-state index contributed by atoms with van der Waals surface area (Å²) < 4.78 is 0. The summed E-state index contributed by atoms with van der Waals surface area (Å²) in [7, 11) is 3.59. The van der Waals surface area contributed by atoms with E-state index in [1.54, 1.807) is 19.0 Å². The first-order valence-electron chi connectivity index (χ1n) is 10.5. The van der Waals surface area contributed by atoms with Gasteiger partial charge in [-0.25, -0.2) is 4.79 Å². The molecule has 2 fully saturated rings. The third-order valence-corrected chi connectivity index (χ3v) is 5.93. The molecule has 0 aliphatic carbocycles. The van der Waals surface area contributed by atoms with Crippen LogP contribution in [0.25, 0.3) is 0 Å². The van der Waals surface area contributed by atoms with E-state index in [1.165, 1.54) is 5.56 Å². The summed E-state index contributed by atoms with van der Waals surface area (Å²) >= 11 is 0. The molecule has 1 atom stereocenters. The number of piperidine rings is 1. The van der Waals surface area contributed by atoms with Gasteiger partial charge < -0.3 is 15.1 Å². The Balaban J connectivity index is 1.32. The Morgan fingerprint density at radius 2 is 1.79 bits per heavy atom. The van der Waals surface area contributed by atoms with E-state index in [1.807, 2.05) is 11.0 Å². The Kier molecular flexibility index (Phi) is 7.31. The lowest BCUT2D eigenvalue weighted by Crippen LogP contribution is -2.44. The summed E-state index contributed by atoms with van der Waals surface area (Å²) in [6.45, 7) is 4.54. The topological polar surface area (TPSA) is 55.9 Å². The maximum absolute atomic E-state index is 12.4. The molecule has 0 radical (unpaired) electrons. The van der Waals surface area contributed by atoms with Gasteiger partial charge in [-0.3, -0.25) is 9.69 Å². The van der Waals surface area contributed by atoms with E-state index < -0.39 is 0 Å². The van der Waals surface area contributed by atoms with Gasteiger partial charge in [0.15, 0.2) is 0 Å². The molecule has 3 amide bonds. The van der Waals surface area contributed by atoms with Gasteiger partial charge in [0.1, 0.15) is 0 Å². The summed E-state index contributed by atoms with van der Waals surface area (Å²) in [6.07, 6.45) is 4.56. The van der Waals surface area contributed by atoms with Crippen molar-refractivity contribution in [1.82, 2.24) is 20.0 Å². The van der Waals surface area contributed by atoms with Crippen LogP contribution in [0.2, 0.25) is 0 Å².